The van der Waals surface area contributed by atoms with Crippen molar-refractivity contribution < 1.29 is 23.9 Å². The number of imide groups is 1. The fourth-order valence-corrected chi connectivity index (χ4v) is 5.11. The molecule has 192 valence electrons. The summed E-state index contributed by atoms with van der Waals surface area (Å²) in [5.41, 5.74) is 2.11. The SMILES string of the molecule is CCc1cccc(CC)c1NC(=O)COC(=O)[C@H](C(C)C)N1C(=O)c2c(Cl)c(Cl)c(Cl)c(Cl)c2C1=O. The van der Waals surface area contributed by atoms with Crippen LogP contribution in [0.15, 0.2) is 18.2 Å². The maximum absolute atomic E-state index is 13.2. The van der Waals surface area contributed by atoms with E-state index in [0.717, 1.165) is 16.0 Å². The van der Waals surface area contributed by atoms with E-state index in [-0.39, 0.29) is 31.2 Å². The normalized spacial score (nSPS) is 13.8. The van der Waals surface area contributed by atoms with Crippen molar-refractivity contribution in [1.29, 1.82) is 0 Å². The first-order valence-electron chi connectivity index (χ1n) is 11.3. The zero-order valence-corrected chi connectivity index (χ0v) is 23.0. The molecule has 1 heterocycles. The number of carbonyl (C=O) groups excluding carboxylic acids is 4. The highest BCUT2D eigenvalue weighted by atomic mass is 35.5. The molecule has 2 aromatic rings. The van der Waals surface area contributed by atoms with E-state index in [2.05, 4.69) is 5.32 Å². The second kappa shape index (κ2) is 11.4. The highest BCUT2D eigenvalue weighted by Crippen LogP contribution is 2.45. The molecule has 2 aromatic carbocycles. The number of hydrogen-bond donors (Lipinski definition) is 1. The first-order valence-corrected chi connectivity index (χ1v) is 12.8. The zero-order valence-electron chi connectivity index (χ0n) is 20.0. The van der Waals surface area contributed by atoms with Crippen LogP contribution in [-0.4, -0.2) is 41.2 Å². The summed E-state index contributed by atoms with van der Waals surface area (Å²) in [4.78, 5) is 52.8. The third kappa shape index (κ3) is 5.07. The van der Waals surface area contributed by atoms with Crippen LogP contribution in [0.1, 0.15) is 59.5 Å². The molecule has 0 radical (unpaired) electrons. The van der Waals surface area contributed by atoms with E-state index >= 15 is 0 Å². The molecule has 0 unspecified atom stereocenters. The topological polar surface area (TPSA) is 92.8 Å². The average Bonchev–Trinajstić information content (AvgIpc) is 3.10. The van der Waals surface area contributed by atoms with E-state index < -0.39 is 42.3 Å². The second-order valence-corrected chi connectivity index (χ2v) is 10.0. The Morgan fingerprint density at radius 2 is 1.36 bits per heavy atom. The van der Waals surface area contributed by atoms with Crippen molar-refractivity contribution in [2.45, 2.75) is 46.6 Å². The van der Waals surface area contributed by atoms with Gasteiger partial charge in [0.05, 0.1) is 31.2 Å². The number of hydrogen-bond acceptors (Lipinski definition) is 5. The monoisotopic (exact) mass is 572 g/mol. The summed E-state index contributed by atoms with van der Waals surface area (Å²) in [6.45, 7) is 6.59. The first-order chi connectivity index (χ1) is 17.0. The third-order valence-electron chi connectivity index (χ3n) is 5.89. The van der Waals surface area contributed by atoms with Gasteiger partial charge in [-0.05, 0) is 29.9 Å². The standard InChI is InChI=1S/C25H24Cl4N2O5/c1-5-12-8-7-9-13(6-2)21(12)30-14(32)10-36-25(35)22(11(3)4)31-23(33)15-16(24(31)34)18(27)20(29)19(28)17(15)26/h7-9,11,22H,5-6,10H2,1-4H3,(H,30,32)/t22-/m0/s1. The summed E-state index contributed by atoms with van der Waals surface area (Å²) < 4.78 is 5.25. The number of amides is 3. The lowest BCUT2D eigenvalue weighted by atomic mass is 10.0. The number of ether oxygens (including phenoxy) is 1. The zero-order chi connectivity index (χ0) is 26.9. The van der Waals surface area contributed by atoms with Crippen molar-refractivity contribution in [2.24, 2.45) is 5.92 Å². The Labute approximate surface area is 229 Å². The number of carbonyl (C=O) groups is 4. The van der Waals surface area contributed by atoms with Crippen LogP contribution in [0.4, 0.5) is 5.69 Å². The molecule has 0 fully saturated rings. The number of anilines is 1. The maximum Gasteiger partial charge on any atom is 0.330 e. The molecule has 7 nitrogen and oxygen atoms in total. The van der Waals surface area contributed by atoms with E-state index in [1.807, 2.05) is 32.0 Å². The Bertz CT molecular complexity index is 1190. The van der Waals surface area contributed by atoms with E-state index in [1.54, 1.807) is 13.8 Å². The Morgan fingerprint density at radius 3 is 1.78 bits per heavy atom. The van der Waals surface area contributed by atoms with Gasteiger partial charge < -0.3 is 10.1 Å². The van der Waals surface area contributed by atoms with Gasteiger partial charge >= 0.3 is 5.97 Å². The van der Waals surface area contributed by atoms with Crippen LogP contribution in [0.25, 0.3) is 0 Å². The molecule has 1 aliphatic heterocycles. The van der Waals surface area contributed by atoms with E-state index in [4.69, 9.17) is 51.1 Å². The predicted octanol–water partition coefficient (Wildman–Crippen LogP) is 6.23. The molecule has 0 aliphatic carbocycles. The number of para-hydroxylation sites is 1. The molecule has 1 atom stereocenters. The lowest BCUT2D eigenvalue weighted by Gasteiger charge is -2.27. The van der Waals surface area contributed by atoms with Crippen molar-refractivity contribution in [3.05, 3.63) is 60.5 Å². The van der Waals surface area contributed by atoms with Gasteiger partial charge in [0.25, 0.3) is 17.7 Å². The van der Waals surface area contributed by atoms with Crippen molar-refractivity contribution in [2.75, 3.05) is 11.9 Å². The lowest BCUT2D eigenvalue weighted by Crippen LogP contribution is -2.49. The molecule has 1 aliphatic rings. The largest absolute Gasteiger partial charge is 0.454 e. The van der Waals surface area contributed by atoms with Gasteiger partial charge in [-0.25, -0.2) is 4.79 Å². The molecule has 0 bridgehead atoms. The van der Waals surface area contributed by atoms with Gasteiger partial charge in [-0.3, -0.25) is 19.3 Å². The Balaban J connectivity index is 1.82. The number of aryl methyl sites for hydroxylation is 2. The Hall–Kier alpha value is -2.32. The fraction of sp³-hybridized carbons (Fsp3) is 0.360. The first kappa shape index (κ1) is 28.3. The third-order valence-corrected chi connectivity index (χ3v) is 7.69. The van der Waals surface area contributed by atoms with Crippen molar-refractivity contribution >= 4 is 75.8 Å². The molecular weight excluding hydrogens is 550 g/mol. The molecule has 0 aromatic heterocycles. The van der Waals surface area contributed by atoms with Gasteiger partial charge in [-0.1, -0.05) is 92.3 Å². The minimum absolute atomic E-state index is 0.177. The smallest absolute Gasteiger partial charge is 0.330 e. The molecule has 0 spiro atoms. The molecular formula is C25H24Cl4N2O5. The van der Waals surface area contributed by atoms with E-state index in [0.29, 0.717) is 18.5 Å². The highest BCUT2D eigenvalue weighted by molar-refractivity contribution is 6.55. The van der Waals surface area contributed by atoms with Gasteiger partial charge in [0, 0.05) is 5.69 Å². The minimum atomic E-state index is -1.34. The van der Waals surface area contributed by atoms with Crippen LogP contribution in [0.3, 0.4) is 0 Å². The van der Waals surface area contributed by atoms with Gasteiger partial charge in [0.2, 0.25) is 0 Å². The quantitative estimate of drug-likeness (QED) is 0.175. The number of esters is 1. The number of halogens is 4. The Kier molecular flexibility index (Phi) is 8.93. The molecule has 11 heteroatoms. The summed E-state index contributed by atoms with van der Waals surface area (Å²) in [6.07, 6.45) is 1.41. The molecule has 3 amide bonds. The molecule has 0 saturated heterocycles. The molecule has 3 rings (SSSR count). The van der Waals surface area contributed by atoms with Crippen LogP contribution in [-0.2, 0) is 27.2 Å². The minimum Gasteiger partial charge on any atom is -0.454 e. The lowest BCUT2D eigenvalue weighted by molar-refractivity contribution is -0.152. The number of benzene rings is 2. The van der Waals surface area contributed by atoms with Crippen LogP contribution < -0.4 is 5.32 Å². The Morgan fingerprint density at radius 1 is 0.889 bits per heavy atom. The van der Waals surface area contributed by atoms with Gasteiger partial charge in [0.1, 0.15) is 6.04 Å². The van der Waals surface area contributed by atoms with E-state index in [1.165, 1.54) is 0 Å². The van der Waals surface area contributed by atoms with Gasteiger partial charge in [-0.15, -0.1) is 0 Å². The van der Waals surface area contributed by atoms with Crippen molar-refractivity contribution in [3.8, 4) is 0 Å². The number of rotatable bonds is 8. The summed E-state index contributed by atoms with van der Waals surface area (Å²) in [5.74, 6) is -3.75. The average molecular weight is 574 g/mol. The number of fused-ring (bicyclic) bond motifs is 1. The number of nitrogens with zero attached hydrogens (tertiary/aromatic N) is 1. The number of nitrogens with one attached hydrogen (secondary N) is 1. The summed E-state index contributed by atoms with van der Waals surface area (Å²) >= 11 is 24.5. The van der Waals surface area contributed by atoms with Crippen LogP contribution >= 0.6 is 46.4 Å². The van der Waals surface area contributed by atoms with Crippen LogP contribution in [0, 0.1) is 5.92 Å². The van der Waals surface area contributed by atoms with Crippen molar-refractivity contribution in [1.82, 2.24) is 4.90 Å². The van der Waals surface area contributed by atoms with Crippen molar-refractivity contribution in [3.63, 3.8) is 0 Å². The predicted molar refractivity (Wildman–Crippen MR) is 140 cm³/mol. The van der Waals surface area contributed by atoms with Crippen LogP contribution in [0.2, 0.25) is 20.1 Å². The van der Waals surface area contributed by atoms with E-state index in [9.17, 15) is 19.2 Å². The summed E-state index contributed by atoms with van der Waals surface area (Å²) in [5, 5.41) is 1.98. The highest BCUT2D eigenvalue weighted by Gasteiger charge is 2.48. The van der Waals surface area contributed by atoms with Crippen LogP contribution in [0.5, 0.6) is 0 Å². The fourth-order valence-electron chi connectivity index (χ4n) is 4.10. The summed E-state index contributed by atoms with van der Waals surface area (Å²) in [7, 11) is 0. The van der Waals surface area contributed by atoms with Gasteiger partial charge in [0.15, 0.2) is 6.61 Å². The maximum atomic E-state index is 13.2. The summed E-state index contributed by atoms with van der Waals surface area (Å²) in [6, 6.07) is 4.39. The molecule has 1 N–H and O–H groups in total. The molecule has 0 saturated carbocycles. The second-order valence-electron chi connectivity index (χ2n) is 8.49. The van der Waals surface area contributed by atoms with Gasteiger partial charge in [-0.2, -0.15) is 0 Å². The molecule has 36 heavy (non-hydrogen) atoms.